The van der Waals surface area contributed by atoms with Crippen molar-refractivity contribution >= 4 is 33.3 Å². The van der Waals surface area contributed by atoms with Crippen molar-refractivity contribution in [1.82, 2.24) is 4.98 Å². The minimum absolute atomic E-state index is 0.456. The van der Waals surface area contributed by atoms with Gasteiger partial charge in [-0.3, -0.25) is 0 Å². The van der Waals surface area contributed by atoms with Crippen LogP contribution in [0.2, 0.25) is 5.02 Å². The van der Waals surface area contributed by atoms with Crippen molar-refractivity contribution in [3.05, 3.63) is 23.4 Å². The summed E-state index contributed by atoms with van der Waals surface area (Å²) in [6.45, 7) is 5.35. The number of pyridine rings is 1. The molecule has 1 aromatic heterocycles. The highest BCUT2D eigenvalue weighted by Gasteiger charge is 2.10. The Bertz CT molecular complexity index is 287. The number of aromatic nitrogens is 1. The summed E-state index contributed by atoms with van der Waals surface area (Å²) in [5.41, 5.74) is 0. The zero-order valence-electron chi connectivity index (χ0n) is 9.08. The van der Waals surface area contributed by atoms with Crippen LogP contribution in [-0.2, 0) is 0 Å². The molecule has 0 atom stereocenters. The molecule has 1 aromatic rings. The second-order valence-electron chi connectivity index (χ2n) is 3.66. The van der Waals surface area contributed by atoms with Gasteiger partial charge in [0, 0.05) is 24.1 Å². The van der Waals surface area contributed by atoms with Gasteiger partial charge in [-0.15, -0.1) is 0 Å². The molecule has 0 N–H and O–H groups in total. The van der Waals surface area contributed by atoms with Crippen LogP contribution in [0.4, 0.5) is 5.82 Å². The Kier molecular flexibility index (Phi) is 5.40. The number of alkyl halides is 1. The molecule has 0 radical (unpaired) electrons. The summed E-state index contributed by atoms with van der Waals surface area (Å²) in [7, 11) is 0. The van der Waals surface area contributed by atoms with Crippen LogP contribution >= 0.6 is 27.5 Å². The van der Waals surface area contributed by atoms with Gasteiger partial charge in [0.15, 0.2) is 0 Å². The van der Waals surface area contributed by atoms with E-state index in [1.807, 2.05) is 12.1 Å². The molecule has 0 aliphatic heterocycles. The number of nitrogens with zero attached hydrogens (tertiary/aromatic N) is 2. The third kappa shape index (κ3) is 3.99. The van der Waals surface area contributed by atoms with E-state index in [-0.39, 0.29) is 0 Å². The van der Waals surface area contributed by atoms with Gasteiger partial charge in [0.25, 0.3) is 0 Å². The van der Waals surface area contributed by atoms with Gasteiger partial charge in [-0.2, -0.15) is 0 Å². The summed E-state index contributed by atoms with van der Waals surface area (Å²) >= 11 is 9.25. The summed E-state index contributed by atoms with van der Waals surface area (Å²) in [5, 5.41) is 1.70. The predicted octanol–water partition coefficient (Wildman–Crippen LogP) is 3.73. The minimum atomic E-state index is 0.456. The van der Waals surface area contributed by atoms with Crippen LogP contribution in [0.5, 0.6) is 0 Å². The Morgan fingerprint density at radius 3 is 2.67 bits per heavy atom. The van der Waals surface area contributed by atoms with Crippen LogP contribution in [0.1, 0.15) is 20.3 Å². The minimum Gasteiger partial charge on any atom is -0.354 e. The highest BCUT2D eigenvalue weighted by Crippen LogP contribution is 2.17. The van der Waals surface area contributed by atoms with Crippen molar-refractivity contribution < 1.29 is 0 Å². The Hall–Kier alpha value is -0.280. The Morgan fingerprint density at radius 2 is 2.20 bits per heavy atom. The van der Waals surface area contributed by atoms with E-state index < -0.39 is 0 Å². The first-order valence-corrected chi connectivity index (χ1v) is 6.59. The third-order valence-corrected chi connectivity index (χ3v) is 2.95. The predicted molar refractivity (Wildman–Crippen MR) is 70.1 cm³/mol. The maximum Gasteiger partial charge on any atom is 0.128 e. The van der Waals surface area contributed by atoms with Crippen LogP contribution in [0.3, 0.4) is 0 Å². The molecule has 2 nitrogen and oxygen atoms in total. The lowest BCUT2D eigenvalue weighted by Gasteiger charge is -2.27. The van der Waals surface area contributed by atoms with Gasteiger partial charge in [-0.05, 0) is 32.4 Å². The van der Waals surface area contributed by atoms with E-state index in [1.165, 1.54) is 0 Å². The number of halogens is 2. The number of hydrogen-bond donors (Lipinski definition) is 0. The molecule has 15 heavy (non-hydrogen) atoms. The molecule has 0 saturated heterocycles. The highest BCUT2D eigenvalue weighted by molar-refractivity contribution is 9.09. The summed E-state index contributed by atoms with van der Waals surface area (Å²) in [4.78, 5) is 6.61. The molecule has 0 saturated carbocycles. The van der Waals surface area contributed by atoms with E-state index in [2.05, 4.69) is 39.7 Å². The second kappa shape index (κ2) is 6.33. The van der Waals surface area contributed by atoms with E-state index >= 15 is 0 Å². The molecular weight excluding hydrogens is 275 g/mol. The molecule has 0 fully saturated rings. The van der Waals surface area contributed by atoms with E-state index in [0.29, 0.717) is 11.1 Å². The molecule has 84 valence electrons. The average molecular weight is 292 g/mol. The summed E-state index contributed by atoms with van der Waals surface area (Å²) in [5.74, 6) is 0.996. The van der Waals surface area contributed by atoms with Crippen LogP contribution in [0, 0.1) is 0 Å². The summed E-state index contributed by atoms with van der Waals surface area (Å²) in [6, 6.07) is 4.31. The number of rotatable bonds is 5. The monoisotopic (exact) mass is 290 g/mol. The molecule has 0 aromatic carbocycles. The van der Waals surface area contributed by atoms with Gasteiger partial charge in [0.05, 0.1) is 5.02 Å². The standard InChI is InChI=1S/C11H16BrClN2/c1-9(2)15(7-3-6-12)11-5-4-10(13)8-14-11/h4-5,8-9H,3,6-7H2,1-2H3. The van der Waals surface area contributed by atoms with Gasteiger partial charge in [0.1, 0.15) is 5.82 Å². The molecule has 4 heteroatoms. The van der Waals surface area contributed by atoms with E-state index in [9.17, 15) is 0 Å². The SMILES string of the molecule is CC(C)N(CCCBr)c1ccc(Cl)cn1. The van der Waals surface area contributed by atoms with Crippen molar-refractivity contribution in [2.75, 3.05) is 16.8 Å². The quantitative estimate of drug-likeness (QED) is 0.768. The summed E-state index contributed by atoms with van der Waals surface area (Å²) in [6.07, 6.45) is 2.81. The molecule has 0 aliphatic carbocycles. The Labute approximate surface area is 105 Å². The zero-order valence-corrected chi connectivity index (χ0v) is 11.4. The third-order valence-electron chi connectivity index (χ3n) is 2.16. The second-order valence-corrected chi connectivity index (χ2v) is 4.89. The fraction of sp³-hybridized carbons (Fsp3) is 0.545. The van der Waals surface area contributed by atoms with Crippen molar-refractivity contribution in [1.29, 1.82) is 0 Å². The molecule has 1 rings (SSSR count). The van der Waals surface area contributed by atoms with E-state index in [0.717, 1.165) is 24.1 Å². The largest absolute Gasteiger partial charge is 0.354 e. The Morgan fingerprint density at radius 1 is 1.47 bits per heavy atom. The summed E-state index contributed by atoms with van der Waals surface area (Å²) < 4.78 is 0. The topological polar surface area (TPSA) is 16.1 Å². The maximum absolute atomic E-state index is 5.81. The average Bonchev–Trinajstić information content (AvgIpc) is 2.21. The van der Waals surface area contributed by atoms with Gasteiger partial charge in [0.2, 0.25) is 0 Å². The lowest BCUT2D eigenvalue weighted by Crippen LogP contribution is -2.32. The van der Waals surface area contributed by atoms with Gasteiger partial charge >= 0.3 is 0 Å². The van der Waals surface area contributed by atoms with Crippen LogP contribution in [0.15, 0.2) is 18.3 Å². The van der Waals surface area contributed by atoms with E-state index in [4.69, 9.17) is 11.6 Å². The van der Waals surface area contributed by atoms with Crippen LogP contribution in [-0.4, -0.2) is 22.9 Å². The van der Waals surface area contributed by atoms with Crippen molar-refractivity contribution in [2.24, 2.45) is 0 Å². The van der Waals surface area contributed by atoms with Gasteiger partial charge in [-0.25, -0.2) is 4.98 Å². The lowest BCUT2D eigenvalue weighted by atomic mass is 10.3. The molecule has 0 spiro atoms. The van der Waals surface area contributed by atoms with Gasteiger partial charge in [-0.1, -0.05) is 27.5 Å². The first-order chi connectivity index (χ1) is 7.15. The van der Waals surface area contributed by atoms with Crippen molar-refractivity contribution in [3.63, 3.8) is 0 Å². The smallest absolute Gasteiger partial charge is 0.128 e. The first kappa shape index (κ1) is 12.8. The normalized spacial score (nSPS) is 10.7. The molecule has 0 bridgehead atoms. The van der Waals surface area contributed by atoms with Crippen molar-refractivity contribution in [2.45, 2.75) is 26.3 Å². The number of anilines is 1. The number of hydrogen-bond acceptors (Lipinski definition) is 2. The molecule has 0 aliphatic rings. The maximum atomic E-state index is 5.81. The highest BCUT2D eigenvalue weighted by atomic mass is 79.9. The van der Waals surface area contributed by atoms with Crippen LogP contribution in [0.25, 0.3) is 0 Å². The Balaban J connectivity index is 2.74. The first-order valence-electron chi connectivity index (χ1n) is 5.09. The molecule has 0 amide bonds. The van der Waals surface area contributed by atoms with Crippen molar-refractivity contribution in [3.8, 4) is 0 Å². The fourth-order valence-electron chi connectivity index (χ4n) is 1.41. The fourth-order valence-corrected chi connectivity index (χ4v) is 1.77. The van der Waals surface area contributed by atoms with E-state index in [1.54, 1.807) is 6.20 Å². The zero-order chi connectivity index (χ0) is 11.3. The molecular formula is C11H16BrClN2. The molecule has 0 unspecified atom stereocenters. The van der Waals surface area contributed by atoms with Crippen LogP contribution < -0.4 is 4.90 Å². The molecule has 1 heterocycles. The van der Waals surface area contributed by atoms with Gasteiger partial charge < -0.3 is 4.90 Å². The lowest BCUT2D eigenvalue weighted by molar-refractivity contribution is 0.665.